The van der Waals surface area contributed by atoms with Crippen LogP contribution in [0.15, 0.2) is 40.6 Å². The molecular weight excluding hydrogens is 462 g/mol. The maximum atomic E-state index is 12.9. The van der Waals surface area contributed by atoms with Crippen molar-refractivity contribution in [1.29, 1.82) is 0 Å². The number of hydrogen-bond donors (Lipinski definition) is 1. The van der Waals surface area contributed by atoms with E-state index in [4.69, 9.17) is 30.5 Å². The number of carbonyl (C=O) groups excluding carboxylic acids is 2. The molecule has 0 radical (unpaired) electrons. The van der Waals surface area contributed by atoms with Crippen molar-refractivity contribution in [3.05, 3.63) is 35.4 Å². The topological polar surface area (TPSA) is 108 Å². The Bertz CT molecular complexity index is 1030. The minimum Gasteiger partial charge on any atom is -0.494 e. The molecule has 0 aliphatic heterocycles. The molecular formula is C24H30ClN3O6. The Labute approximate surface area is 204 Å². The number of ketones is 1. The van der Waals surface area contributed by atoms with Gasteiger partial charge in [-0.2, -0.15) is 10.2 Å². The highest BCUT2D eigenvalue weighted by atomic mass is 35.5. The number of anilines is 1. The van der Waals surface area contributed by atoms with Gasteiger partial charge in [-0.15, -0.1) is 0 Å². The number of nitrogens with zero attached hydrogens (tertiary/aromatic N) is 2. The Balaban J connectivity index is 2.29. The molecule has 9 nitrogen and oxygen atoms in total. The van der Waals surface area contributed by atoms with Gasteiger partial charge in [-0.3, -0.25) is 9.59 Å². The van der Waals surface area contributed by atoms with Crippen LogP contribution in [-0.2, 0) is 9.59 Å². The van der Waals surface area contributed by atoms with E-state index < -0.39 is 17.7 Å². The number of amides is 1. The summed E-state index contributed by atoms with van der Waals surface area (Å²) in [5.41, 5.74) is 0.623. The van der Waals surface area contributed by atoms with Gasteiger partial charge in [0.05, 0.1) is 37.1 Å². The molecule has 0 saturated carbocycles. The van der Waals surface area contributed by atoms with Crippen LogP contribution in [0.4, 0.5) is 11.4 Å². The van der Waals surface area contributed by atoms with Crippen LogP contribution in [0.25, 0.3) is 0 Å². The Kier molecular flexibility index (Phi) is 10.6. The van der Waals surface area contributed by atoms with Crippen LogP contribution in [0.3, 0.4) is 0 Å². The molecule has 0 aromatic heterocycles. The predicted octanol–water partition coefficient (Wildman–Crippen LogP) is 5.61. The summed E-state index contributed by atoms with van der Waals surface area (Å²) in [6, 6.07) is 6.77. The molecule has 0 aliphatic carbocycles. The maximum absolute atomic E-state index is 12.9. The molecule has 184 valence electrons. The van der Waals surface area contributed by atoms with Crippen molar-refractivity contribution in [3.63, 3.8) is 0 Å². The first kappa shape index (κ1) is 26.9. The summed E-state index contributed by atoms with van der Waals surface area (Å²) in [5.74, 6) is 0.692. The zero-order valence-corrected chi connectivity index (χ0v) is 20.8. The van der Waals surface area contributed by atoms with Crippen molar-refractivity contribution >= 4 is 34.7 Å². The second-order valence-electron chi connectivity index (χ2n) is 6.86. The molecule has 0 aliphatic rings. The molecule has 0 fully saturated rings. The molecule has 2 aromatic carbocycles. The standard InChI is InChI=1S/C24H30ClN3O6/c1-6-31-17-13-18(25)23(21(14-17)34-9-4)26-24(30)22(15(5)29)28-27-16-10-11-19(32-7-2)20(12-16)33-8-3/h10-14,22H,6-9H2,1-5H3,(H,26,30). The van der Waals surface area contributed by atoms with Gasteiger partial charge in [0.1, 0.15) is 17.2 Å². The first-order valence-electron chi connectivity index (χ1n) is 11.0. The highest BCUT2D eigenvalue weighted by molar-refractivity contribution is 6.34. The van der Waals surface area contributed by atoms with Crippen LogP contribution < -0.4 is 24.3 Å². The summed E-state index contributed by atoms with van der Waals surface area (Å²) in [6.07, 6.45) is 0. The second kappa shape index (κ2) is 13.4. The minimum atomic E-state index is -1.39. The molecule has 2 rings (SSSR count). The largest absolute Gasteiger partial charge is 0.494 e. The third kappa shape index (κ3) is 7.34. The van der Waals surface area contributed by atoms with Gasteiger partial charge in [0.25, 0.3) is 5.91 Å². The Hall–Kier alpha value is -3.33. The summed E-state index contributed by atoms with van der Waals surface area (Å²) in [4.78, 5) is 25.1. The summed E-state index contributed by atoms with van der Waals surface area (Å²) in [5, 5.41) is 10.9. The van der Waals surface area contributed by atoms with E-state index in [0.29, 0.717) is 55.1 Å². The van der Waals surface area contributed by atoms with Gasteiger partial charge in [0.2, 0.25) is 6.04 Å². The Morgan fingerprint density at radius 2 is 1.50 bits per heavy atom. The van der Waals surface area contributed by atoms with E-state index in [-0.39, 0.29) is 10.7 Å². The van der Waals surface area contributed by atoms with Gasteiger partial charge in [-0.1, -0.05) is 11.6 Å². The van der Waals surface area contributed by atoms with Gasteiger partial charge in [-0.05, 0) is 46.8 Å². The number of halogens is 1. The quantitative estimate of drug-likeness (QED) is 0.288. The highest BCUT2D eigenvalue weighted by Gasteiger charge is 2.25. The van der Waals surface area contributed by atoms with Gasteiger partial charge in [0.15, 0.2) is 17.3 Å². The molecule has 0 heterocycles. The summed E-state index contributed by atoms with van der Waals surface area (Å²) in [6.45, 7) is 10.3. The third-order valence-corrected chi connectivity index (χ3v) is 4.63. The average molecular weight is 492 g/mol. The zero-order chi connectivity index (χ0) is 25.1. The van der Waals surface area contributed by atoms with E-state index in [9.17, 15) is 9.59 Å². The predicted molar refractivity (Wildman–Crippen MR) is 130 cm³/mol. The van der Waals surface area contributed by atoms with Crippen LogP contribution in [-0.4, -0.2) is 44.2 Å². The fourth-order valence-electron chi connectivity index (χ4n) is 2.93. The number of ether oxygens (including phenoxy) is 4. The number of rotatable bonds is 13. The molecule has 0 spiro atoms. The van der Waals surface area contributed by atoms with E-state index in [1.165, 1.54) is 6.92 Å². The summed E-state index contributed by atoms with van der Waals surface area (Å²) < 4.78 is 22.2. The highest BCUT2D eigenvalue weighted by Crippen LogP contribution is 2.37. The number of azo groups is 1. The maximum Gasteiger partial charge on any atom is 0.258 e. The van der Waals surface area contributed by atoms with Gasteiger partial charge < -0.3 is 24.3 Å². The number of Topliss-reactive ketones (excluding diaryl/α,β-unsaturated/α-hetero) is 1. The summed E-state index contributed by atoms with van der Waals surface area (Å²) >= 11 is 6.36. The van der Waals surface area contributed by atoms with E-state index in [0.717, 1.165) is 0 Å². The number of hydrogen-bond acceptors (Lipinski definition) is 8. The monoisotopic (exact) mass is 491 g/mol. The average Bonchev–Trinajstić information content (AvgIpc) is 2.78. The summed E-state index contributed by atoms with van der Waals surface area (Å²) in [7, 11) is 0. The van der Waals surface area contributed by atoms with E-state index in [1.54, 1.807) is 37.3 Å². The SMILES string of the molecule is CCOc1cc(Cl)c(NC(=O)C(N=Nc2ccc(OCC)c(OCC)c2)C(C)=O)c(OCC)c1. The number of nitrogens with one attached hydrogen (secondary N) is 1. The molecule has 10 heteroatoms. The lowest BCUT2D eigenvalue weighted by atomic mass is 10.2. The van der Waals surface area contributed by atoms with E-state index in [2.05, 4.69) is 15.5 Å². The zero-order valence-electron chi connectivity index (χ0n) is 20.0. The van der Waals surface area contributed by atoms with Crippen molar-refractivity contribution in [2.24, 2.45) is 10.2 Å². The first-order chi connectivity index (χ1) is 16.3. The Morgan fingerprint density at radius 3 is 2.12 bits per heavy atom. The fourth-order valence-corrected chi connectivity index (χ4v) is 3.18. The number of benzene rings is 2. The van der Waals surface area contributed by atoms with E-state index in [1.807, 2.05) is 20.8 Å². The van der Waals surface area contributed by atoms with Crippen LogP contribution >= 0.6 is 11.6 Å². The molecule has 1 amide bonds. The van der Waals surface area contributed by atoms with Crippen molar-refractivity contribution in [3.8, 4) is 23.0 Å². The molecule has 2 aromatic rings. The molecule has 1 atom stereocenters. The fraction of sp³-hybridized carbons (Fsp3) is 0.417. The van der Waals surface area contributed by atoms with Crippen LogP contribution in [0.2, 0.25) is 5.02 Å². The van der Waals surface area contributed by atoms with E-state index >= 15 is 0 Å². The lowest BCUT2D eigenvalue weighted by Gasteiger charge is -2.16. The van der Waals surface area contributed by atoms with Crippen LogP contribution in [0.5, 0.6) is 23.0 Å². The second-order valence-corrected chi connectivity index (χ2v) is 7.27. The van der Waals surface area contributed by atoms with Gasteiger partial charge in [0, 0.05) is 18.2 Å². The van der Waals surface area contributed by atoms with Crippen molar-refractivity contribution in [1.82, 2.24) is 0 Å². The lowest BCUT2D eigenvalue weighted by molar-refractivity contribution is -0.126. The van der Waals surface area contributed by atoms with Gasteiger partial charge in [-0.25, -0.2) is 0 Å². The molecule has 1 unspecified atom stereocenters. The Morgan fingerprint density at radius 1 is 0.882 bits per heavy atom. The first-order valence-corrected chi connectivity index (χ1v) is 11.4. The smallest absolute Gasteiger partial charge is 0.258 e. The molecule has 34 heavy (non-hydrogen) atoms. The van der Waals surface area contributed by atoms with Crippen molar-refractivity contribution < 1.29 is 28.5 Å². The molecule has 1 N–H and O–H groups in total. The van der Waals surface area contributed by atoms with Gasteiger partial charge >= 0.3 is 0 Å². The normalized spacial score (nSPS) is 11.7. The van der Waals surface area contributed by atoms with Crippen LogP contribution in [0.1, 0.15) is 34.6 Å². The number of carbonyl (C=O) groups is 2. The molecule has 0 saturated heterocycles. The lowest BCUT2D eigenvalue weighted by Crippen LogP contribution is -2.32. The van der Waals surface area contributed by atoms with Crippen molar-refractivity contribution in [2.45, 2.75) is 40.7 Å². The van der Waals surface area contributed by atoms with Crippen molar-refractivity contribution in [2.75, 3.05) is 31.7 Å². The minimum absolute atomic E-state index is 0.204. The third-order valence-electron chi connectivity index (χ3n) is 4.34. The molecule has 0 bridgehead atoms. The van der Waals surface area contributed by atoms with Crippen LogP contribution in [0, 0.1) is 0 Å².